The maximum absolute atomic E-state index is 12.4. The van der Waals surface area contributed by atoms with E-state index in [1.54, 1.807) is 12.1 Å². The Hall–Kier alpha value is -2.82. The van der Waals surface area contributed by atoms with Crippen molar-refractivity contribution in [2.24, 2.45) is 0 Å². The normalized spacial score (nSPS) is 13.1. The van der Waals surface area contributed by atoms with Gasteiger partial charge >= 0.3 is 5.97 Å². The number of anilines is 1. The summed E-state index contributed by atoms with van der Waals surface area (Å²) in [7, 11) is 1.36. The molecule has 1 aliphatic rings. The Morgan fingerprint density at radius 1 is 1.08 bits per heavy atom. The minimum absolute atomic E-state index is 0.160. The fraction of sp³-hybridized carbons (Fsp3) is 0.300. The summed E-state index contributed by atoms with van der Waals surface area (Å²) in [6.45, 7) is 2.04. The molecule has 0 saturated carbocycles. The van der Waals surface area contributed by atoms with Gasteiger partial charge in [0, 0.05) is 31.7 Å². The third kappa shape index (κ3) is 4.18. The van der Waals surface area contributed by atoms with Gasteiger partial charge in [-0.15, -0.1) is 0 Å². The maximum atomic E-state index is 12.4. The van der Waals surface area contributed by atoms with E-state index in [0.29, 0.717) is 25.1 Å². The van der Waals surface area contributed by atoms with E-state index in [1.165, 1.54) is 18.2 Å². The Kier molecular flexibility index (Phi) is 5.33. The molecular formula is C20H22N2O3. The van der Waals surface area contributed by atoms with Gasteiger partial charge in [-0.2, -0.15) is 0 Å². The van der Waals surface area contributed by atoms with Crippen LogP contribution in [0.1, 0.15) is 27.9 Å². The molecule has 1 amide bonds. The predicted octanol–water partition coefficient (Wildman–Crippen LogP) is 2.86. The highest BCUT2D eigenvalue weighted by Crippen LogP contribution is 2.19. The Bertz CT molecular complexity index is 756. The molecule has 0 aromatic heterocycles. The quantitative estimate of drug-likeness (QED) is 0.852. The molecule has 3 rings (SSSR count). The first-order chi connectivity index (χ1) is 12.2. The number of benzene rings is 2. The number of nitrogens with one attached hydrogen (secondary N) is 1. The number of ether oxygens (including phenoxy) is 1. The predicted molar refractivity (Wildman–Crippen MR) is 96.5 cm³/mol. The second kappa shape index (κ2) is 7.83. The van der Waals surface area contributed by atoms with E-state index in [0.717, 1.165) is 18.7 Å². The molecule has 1 aliphatic heterocycles. The fourth-order valence-electron chi connectivity index (χ4n) is 3.02. The van der Waals surface area contributed by atoms with Crippen molar-refractivity contribution in [3.05, 3.63) is 65.2 Å². The number of esters is 1. The van der Waals surface area contributed by atoms with Crippen LogP contribution < -0.4 is 5.32 Å². The first-order valence-electron chi connectivity index (χ1n) is 8.44. The van der Waals surface area contributed by atoms with Crippen LogP contribution in [0.25, 0.3) is 0 Å². The molecule has 0 bridgehead atoms. The van der Waals surface area contributed by atoms with Crippen molar-refractivity contribution in [2.75, 3.05) is 25.5 Å². The molecule has 5 heteroatoms. The van der Waals surface area contributed by atoms with Gasteiger partial charge < -0.3 is 15.0 Å². The molecule has 0 saturated heterocycles. The van der Waals surface area contributed by atoms with Crippen molar-refractivity contribution < 1.29 is 14.3 Å². The van der Waals surface area contributed by atoms with E-state index in [-0.39, 0.29) is 11.9 Å². The van der Waals surface area contributed by atoms with Gasteiger partial charge in [0.15, 0.2) is 0 Å². The largest absolute Gasteiger partial charge is 0.465 e. The minimum Gasteiger partial charge on any atom is -0.465 e. The summed E-state index contributed by atoms with van der Waals surface area (Å²) >= 11 is 0. The maximum Gasteiger partial charge on any atom is 0.337 e. The van der Waals surface area contributed by atoms with E-state index >= 15 is 0 Å². The van der Waals surface area contributed by atoms with Crippen LogP contribution in [0.15, 0.2) is 48.5 Å². The lowest BCUT2D eigenvalue weighted by Gasteiger charge is -2.29. The van der Waals surface area contributed by atoms with Crippen molar-refractivity contribution >= 4 is 17.6 Å². The Balaban J connectivity index is 1.48. The van der Waals surface area contributed by atoms with Crippen LogP contribution in [0.3, 0.4) is 0 Å². The number of carbonyl (C=O) groups is 2. The van der Waals surface area contributed by atoms with E-state index in [4.69, 9.17) is 0 Å². The van der Waals surface area contributed by atoms with Crippen molar-refractivity contribution in [1.82, 2.24) is 4.90 Å². The van der Waals surface area contributed by atoms with E-state index < -0.39 is 0 Å². The number of methoxy groups -OCH3 is 1. The lowest BCUT2D eigenvalue weighted by Crippen LogP contribution is -2.36. The van der Waals surface area contributed by atoms with Gasteiger partial charge in [-0.05, 0) is 41.8 Å². The lowest BCUT2D eigenvalue weighted by molar-refractivity contribution is -0.131. The fourth-order valence-corrected chi connectivity index (χ4v) is 3.02. The molecule has 130 valence electrons. The van der Waals surface area contributed by atoms with Gasteiger partial charge in [0.25, 0.3) is 0 Å². The molecule has 0 fully saturated rings. The van der Waals surface area contributed by atoms with Crippen molar-refractivity contribution in [3.63, 3.8) is 0 Å². The molecule has 0 unspecified atom stereocenters. The number of hydrogen-bond acceptors (Lipinski definition) is 4. The van der Waals surface area contributed by atoms with Crippen molar-refractivity contribution in [2.45, 2.75) is 19.4 Å². The number of fused-ring (bicyclic) bond motifs is 1. The average Bonchev–Trinajstić information content (AvgIpc) is 2.67. The van der Waals surface area contributed by atoms with E-state index in [1.807, 2.05) is 29.2 Å². The molecule has 25 heavy (non-hydrogen) atoms. The van der Waals surface area contributed by atoms with Gasteiger partial charge in [-0.3, -0.25) is 4.79 Å². The monoisotopic (exact) mass is 338 g/mol. The summed E-state index contributed by atoms with van der Waals surface area (Å²) in [4.78, 5) is 25.7. The summed E-state index contributed by atoms with van der Waals surface area (Å²) in [5, 5.41) is 3.22. The summed E-state index contributed by atoms with van der Waals surface area (Å²) in [5.74, 6) is -0.194. The lowest BCUT2D eigenvalue weighted by atomic mass is 10.00. The number of nitrogens with zero attached hydrogens (tertiary/aromatic N) is 1. The topological polar surface area (TPSA) is 58.6 Å². The molecule has 0 radical (unpaired) electrons. The average molecular weight is 338 g/mol. The van der Waals surface area contributed by atoms with Gasteiger partial charge in [0.05, 0.1) is 12.7 Å². The zero-order valence-electron chi connectivity index (χ0n) is 14.3. The van der Waals surface area contributed by atoms with Crippen molar-refractivity contribution in [1.29, 1.82) is 0 Å². The van der Waals surface area contributed by atoms with E-state index in [2.05, 4.69) is 22.2 Å². The molecule has 5 nitrogen and oxygen atoms in total. The molecule has 2 aromatic carbocycles. The first kappa shape index (κ1) is 17.0. The first-order valence-corrected chi connectivity index (χ1v) is 8.44. The molecule has 1 heterocycles. The smallest absolute Gasteiger partial charge is 0.337 e. The molecule has 1 N–H and O–H groups in total. The number of carbonyl (C=O) groups excluding carboxylic acids is 2. The summed E-state index contributed by atoms with van der Waals surface area (Å²) in [6, 6.07) is 15.3. The second-order valence-corrected chi connectivity index (χ2v) is 6.08. The number of amides is 1. The Morgan fingerprint density at radius 2 is 1.80 bits per heavy atom. The molecular weight excluding hydrogens is 316 g/mol. The zero-order valence-corrected chi connectivity index (χ0v) is 14.3. The van der Waals surface area contributed by atoms with Crippen molar-refractivity contribution in [3.8, 4) is 0 Å². The highest BCUT2D eigenvalue weighted by molar-refractivity contribution is 5.89. The van der Waals surface area contributed by atoms with Gasteiger partial charge in [-0.25, -0.2) is 4.79 Å². The number of rotatable bonds is 5. The summed E-state index contributed by atoms with van der Waals surface area (Å²) in [6.07, 6.45) is 1.37. The number of hydrogen-bond donors (Lipinski definition) is 1. The van der Waals surface area contributed by atoms with Gasteiger partial charge in [0.2, 0.25) is 5.91 Å². The third-order valence-corrected chi connectivity index (χ3v) is 4.46. The van der Waals surface area contributed by atoms with Crippen LogP contribution in [0, 0.1) is 0 Å². The SMILES string of the molecule is COC(=O)c1ccc(NCCC(=O)N2CCc3ccccc3C2)cc1. The summed E-state index contributed by atoms with van der Waals surface area (Å²) < 4.78 is 4.67. The molecule has 0 atom stereocenters. The van der Waals surface area contributed by atoms with Crippen LogP contribution in [-0.4, -0.2) is 37.0 Å². The molecule has 2 aromatic rings. The molecule has 0 spiro atoms. The highest BCUT2D eigenvalue weighted by atomic mass is 16.5. The van der Waals surface area contributed by atoms with Gasteiger partial charge in [-0.1, -0.05) is 24.3 Å². The van der Waals surface area contributed by atoms with Crippen LogP contribution >= 0.6 is 0 Å². The minimum atomic E-state index is -0.355. The van der Waals surface area contributed by atoms with Crippen LogP contribution in [0.2, 0.25) is 0 Å². The van der Waals surface area contributed by atoms with Crippen LogP contribution in [-0.2, 0) is 22.5 Å². The van der Waals surface area contributed by atoms with Crippen LogP contribution in [0.5, 0.6) is 0 Å². The Labute approximate surface area is 147 Å². The zero-order chi connectivity index (χ0) is 17.6. The third-order valence-electron chi connectivity index (χ3n) is 4.46. The van der Waals surface area contributed by atoms with E-state index in [9.17, 15) is 9.59 Å². The summed E-state index contributed by atoms with van der Waals surface area (Å²) in [5.41, 5.74) is 3.98. The van der Waals surface area contributed by atoms with Crippen LogP contribution in [0.4, 0.5) is 5.69 Å². The van der Waals surface area contributed by atoms with Gasteiger partial charge in [0.1, 0.15) is 0 Å². The molecule has 0 aliphatic carbocycles. The highest BCUT2D eigenvalue weighted by Gasteiger charge is 2.19. The second-order valence-electron chi connectivity index (χ2n) is 6.08. The Morgan fingerprint density at radius 3 is 2.52 bits per heavy atom. The standard InChI is InChI=1S/C20H22N2O3/c1-25-20(24)16-6-8-18(9-7-16)21-12-10-19(23)22-13-11-15-4-2-3-5-17(15)14-22/h2-9,21H,10-14H2,1H3.